The van der Waals surface area contributed by atoms with Crippen LogP contribution >= 0.6 is 0 Å². The Morgan fingerprint density at radius 3 is 2.35 bits per heavy atom. The van der Waals surface area contributed by atoms with Crippen LogP contribution in [0.3, 0.4) is 0 Å². The van der Waals surface area contributed by atoms with Crippen molar-refractivity contribution in [2.24, 2.45) is 11.3 Å². The SMILES string of the molecule is CCC(C)(C#N)N1C(=O)CC(C)(C(C)C)C1=O. The smallest absolute Gasteiger partial charge is 0.237 e. The normalized spacial score (nSPS) is 28.4. The van der Waals surface area contributed by atoms with E-state index in [9.17, 15) is 14.9 Å². The summed E-state index contributed by atoms with van der Waals surface area (Å²) in [5.41, 5.74) is -1.68. The fourth-order valence-electron chi connectivity index (χ4n) is 2.08. The Labute approximate surface area is 103 Å². The maximum absolute atomic E-state index is 12.4. The number of hydrogen-bond donors (Lipinski definition) is 0. The molecule has 0 N–H and O–H groups in total. The third-order valence-electron chi connectivity index (χ3n) is 4.16. The molecular weight excluding hydrogens is 216 g/mol. The number of rotatable bonds is 3. The van der Waals surface area contributed by atoms with E-state index >= 15 is 0 Å². The molecule has 0 spiro atoms. The molecular formula is C13H20N2O2. The predicted octanol–water partition coefficient (Wildman–Crippen LogP) is 2.10. The molecule has 17 heavy (non-hydrogen) atoms. The molecule has 0 aliphatic carbocycles. The van der Waals surface area contributed by atoms with Crippen LogP contribution in [-0.2, 0) is 9.59 Å². The zero-order valence-corrected chi connectivity index (χ0v) is 11.2. The van der Waals surface area contributed by atoms with Gasteiger partial charge in [-0.2, -0.15) is 5.26 Å². The van der Waals surface area contributed by atoms with Gasteiger partial charge in [-0.15, -0.1) is 0 Å². The summed E-state index contributed by atoms with van der Waals surface area (Å²) in [4.78, 5) is 25.6. The number of amides is 2. The first-order valence-corrected chi connectivity index (χ1v) is 6.01. The van der Waals surface area contributed by atoms with Crippen LogP contribution in [0.15, 0.2) is 0 Å². The molecule has 94 valence electrons. The van der Waals surface area contributed by atoms with Gasteiger partial charge in [-0.3, -0.25) is 14.5 Å². The zero-order chi connectivity index (χ0) is 13.4. The maximum atomic E-state index is 12.4. The van der Waals surface area contributed by atoms with E-state index in [-0.39, 0.29) is 24.2 Å². The van der Waals surface area contributed by atoms with E-state index in [1.807, 2.05) is 27.7 Å². The number of carbonyl (C=O) groups excluding carboxylic acids is 2. The standard InChI is InChI=1S/C13H20N2O2/c1-6-12(4,8-14)15-10(16)7-13(5,9(2)3)11(15)17/h9H,6-7H2,1-5H3. The van der Waals surface area contributed by atoms with E-state index < -0.39 is 11.0 Å². The third-order valence-corrected chi connectivity index (χ3v) is 4.16. The van der Waals surface area contributed by atoms with Gasteiger partial charge in [-0.1, -0.05) is 20.8 Å². The van der Waals surface area contributed by atoms with E-state index in [1.54, 1.807) is 6.92 Å². The third kappa shape index (κ3) is 1.84. The van der Waals surface area contributed by atoms with Crippen molar-refractivity contribution in [3.05, 3.63) is 0 Å². The molecule has 1 saturated heterocycles. The largest absolute Gasteiger partial charge is 0.274 e. The van der Waals surface area contributed by atoms with Crippen molar-refractivity contribution < 1.29 is 9.59 Å². The Balaban J connectivity index is 3.19. The molecule has 4 nitrogen and oxygen atoms in total. The van der Waals surface area contributed by atoms with E-state index in [2.05, 4.69) is 6.07 Å². The minimum atomic E-state index is -1.01. The Kier molecular flexibility index (Phi) is 3.33. The zero-order valence-electron chi connectivity index (χ0n) is 11.2. The van der Waals surface area contributed by atoms with Crippen LogP contribution in [0.5, 0.6) is 0 Å². The second-order valence-corrected chi connectivity index (χ2v) is 5.52. The van der Waals surface area contributed by atoms with Crippen LogP contribution in [0.2, 0.25) is 0 Å². The van der Waals surface area contributed by atoms with Crippen molar-refractivity contribution in [3.8, 4) is 6.07 Å². The molecule has 2 amide bonds. The van der Waals surface area contributed by atoms with Crippen molar-refractivity contribution in [2.45, 2.75) is 53.0 Å². The highest BCUT2D eigenvalue weighted by atomic mass is 16.2. The van der Waals surface area contributed by atoms with Gasteiger partial charge in [0.05, 0.1) is 11.5 Å². The molecule has 0 bridgehead atoms. The molecule has 0 aromatic rings. The number of nitriles is 1. The van der Waals surface area contributed by atoms with Crippen molar-refractivity contribution in [2.75, 3.05) is 0 Å². The average molecular weight is 236 g/mol. The summed E-state index contributed by atoms with van der Waals surface area (Å²) in [5.74, 6) is -0.343. The highest BCUT2D eigenvalue weighted by Crippen LogP contribution is 2.42. The highest BCUT2D eigenvalue weighted by Gasteiger charge is 2.55. The summed E-state index contributed by atoms with van der Waals surface area (Å²) < 4.78 is 0. The van der Waals surface area contributed by atoms with Gasteiger partial charge < -0.3 is 0 Å². The van der Waals surface area contributed by atoms with Crippen molar-refractivity contribution in [1.29, 1.82) is 5.26 Å². The molecule has 1 aliphatic heterocycles. The van der Waals surface area contributed by atoms with Crippen LogP contribution in [0, 0.1) is 22.7 Å². The first kappa shape index (κ1) is 13.7. The lowest BCUT2D eigenvalue weighted by molar-refractivity contribution is -0.146. The minimum Gasteiger partial charge on any atom is -0.274 e. The number of carbonyl (C=O) groups is 2. The summed E-state index contributed by atoms with van der Waals surface area (Å²) in [6.07, 6.45) is 0.663. The van der Waals surface area contributed by atoms with Gasteiger partial charge in [0.1, 0.15) is 5.54 Å². The quantitative estimate of drug-likeness (QED) is 0.705. The minimum absolute atomic E-state index is 0.0868. The van der Waals surface area contributed by atoms with Crippen molar-refractivity contribution in [3.63, 3.8) is 0 Å². The van der Waals surface area contributed by atoms with Gasteiger partial charge in [0.15, 0.2) is 0 Å². The summed E-state index contributed by atoms with van der Waals surface area (Å²) in [6.45, 7) is 9.14. The Morgan fingerprint density at radius 1 is 1.53 bits per heavy atom. The van der Waals surface area contributed by atoms with Gasteiger partial charge in [0.25, 0.3) is 0 Å². The van der Waals surface area contributed by atoms with Crippen molar-refractivity contribution in [1.82, 2.24) is 4.90 Å². The highest BCUT2D eigenvalue weighted by molar-refractivity contribution is 6.06. The van der Waals surface area contributed by atoms with Crippen LogP contribution in [0.4, 0.5) is 0 Å². The topological polar surface area (TPSA) is 61.2 Å². The molecule has 2 unspecified atom stereocenters. The predicted molar refractivity (Wildman–Crippen MR) is 63.7 cm³/mol. The lowest BCUT2D eigenvalue weighted by atomic mass is 9.77. The van der Waals surface area contributed by atoms with Crippen molar-refractivity contribution >= 4 is 11.8 Å². The van der Waals surface area contributed by atoms with Gasteiger partial charge in [-0.05, 0) is 26.2 Å². The van der Waals surface area contributed by atoms with Gasteiger partial charge in [-0.25, -0.2) is 0 Å². The molecule has 1 rings (SSSR count). The lowest BCUT2D eigenvalue weighted by Gasteiger charge is -2.33. The second-order valence-electron chi connectivity index (χ2n) is 5.52. The van der Waals surface area contributed by atoms with Gasteiger partial charge in [0.2, 0.25) is 11.8 Å². The number of hydrogen-bond acceptors (Lipinski definition) is 3. The number of imide groups is 1. The summed E-state index contributed by atoms with van der Waals surface area (Å²) >= 11 is 0. The molecule has 0 radical (unpaired) electrons. The fraction of sp³-hybridized carbons (Fsp3) is 0.769. The lowest BCUT2D eigenvalue weighted by Crippen LogP contribution is -2.50. The number of likely N-dealkylation sites (tertiary alicyclic amines) is 1. The summed E-state index contributed by atoms with van der Waals surface area (Å²) in [5, 5.41) is 9.19. The van der Waals surface area contributed by atoms with E-state index in [4.69, 9.17) is 0 Å². The van der Waals surface area contributed by atoms with Gasteiger partial charge >= 0.3 is 0 Å². The Morgan fingerprint density at radius 2 is 2.06 bits per heavy atom. The van der Waals surface area contributed by atoms with Crippen LogP contribution in [-0.4, -0.2) is 22.3 Å². The molecule has 0 aromatic heterocycles. The van der Waals surface area contributed by atoms with Gasteiger partial charge in [0, 0.05) is 6.42 Å². The van der Waals surface area contributed by atoms with E-state index in [0.29, 0.717) is 6.42 Å². The Hall–Kier alpha value is -1.37. The summed E-state index contributed by atoms with van der Waals surface area (Å²) in [6, 6.07) is 2.09. The molecule has 4 heteroatoms. The molecule has 0 saturated carbocycles. The average Bonchev–Trinajstić information content (AvgIpc) is 2.50. The second kappa shape index (κ2) is 4.14. The first-order chi connectivity index (χ1) is 7.73. The van der Waals surface area contributed by atoms with E-state index in [1.165, 1.54) is 4.90 Å². The maximum Gasteiger partial charge on any atom is 0.237 e. The first-order valence-electron chi connectivity index (χ1n) is 6.01. The molecule has 1 aliphatic rings. The Bertz CT molecular complexity index is 397. The molecule has 0 aromatic carbocycles. The number of nitrogens with zero attached hydrogens (tertiary/aromatic N) is 2. The summed E-state index contributed by atoms with van der Waals surface area (Å²) in [7, 11) is 0. The monoisotopic (exact) mass is 236 g/mol. The van der Waals surface area contributed by atoms with Crippen LogP contribution in [0.1, 0.15) is 47.5 Å². The van der Waals surface area contributed by atoms with Crippen LogP contribution in [0.25, 0.3) is 0 Å². The molecule has 1 heterocycles. The molecule has 1 fully saturated rings. The fourth-order valence-corrected chi connectivity index (χ4v) is 2.08. The van der Waals surface area contributed by atoms with Crippen LogP contribution < -0.4 is 0 Å². The van der Waals surface area contributed by atoms with E-state index in [0.717, 1.165) is 0 Å². The molecule has 2 atom stereocenters.